The highest BCUT2D eigenvalue weighted by Crippen LogP contribution is 2.27. The second-order valence-corrected chi connectivity index (χ2v) is 6.78. The van der Waals surface area contributed by atoms with E-state index in [9.17, 15) is 0 Å². The number of guanidine groups is 1. The molecular weight excluding hydrogens is 336 g/mol. The van der Waals surface area contributed by atoms with Crippen molar-refractivity contribution in [2.75, 3.05) is 20.1 Å². The molecule has 2 aromatic carbocycles. The Hall–Kier alpha value is -3.15. The van der Waals surface area contributed by atoms with Gasteiger partial charge in [-0.25, -0.2) is 4.98 Å². The van der Waals surface area contributed by atoms with Gasteiger partial charge in [-0.3, -0.25) is 10.1 Å². The third-order valence-corrected chi connectivity index (χ3v) is 5.04. The standard InChI is InChI=1S/C21H24N6/c1-22-21(27-11-10-19(14-27)17-7-3-2-4-8-17)23-13-16-6-5-9-18(12-16)20-24-15-25-26-20/h2-9,12,15,19H,10-11,13-14H2,1H3,(H,22,23)(H,24,25,26). The van der Waals surface area contributed by atoms with Crippen LogP contribution in [0.15, 0.2) is 65.9 Å². The van der Waals surface area contributed by atoms with Crippen LogP contribution in [0, 0.1) is 0 Å². The molecule has 1 unspecified atom stereocenters. The summed E-state index contributed by atoms with van der Waals surface area (Å²) in [6.45, 7) is 2.75. The largest absolute Gasteiger partial charge is 0.352 e. The van der Waals surface area contributed by atoms with Gasteiger partial charge in [-0.1, -0.05) is 48.5 Å². The summed E-state index contributed by atoms with van der Waals surface area (Å²) in [6.07, 6.45) is 2.68. The Morgan fingerprint density at radius 3 is 2.89 bits per heavy atom. The van der Waals surface area contributed by atoms with Gasteiger partial charge in [0.25, 0.3) is 0 Å². The molecule has 1 aromatic heterocycles. The van der Waals surface area contributed by atoms with E-state index < -0.39 is 0 Å². The fraction of sp³-hybridized carbons (Fsp3) is 0.286. The topological polar surface area (TPSA) is 69.2 Å². The number of hydrogen-bond acceptors (Lipinski definition) is 3. The first-order valence-corrected chi connectivity index (χ1v) is 9.28. The van der Waals surface area contributed by atoms with Crippen LogP contribution in [0.5, 0.6) is 0 Å². The number of likely N-dealkylation sites (tertiary alicyclic amines) is 1. The Morgan fingerprint density at radius 1 is 1.22 bits per heavy atom. The SMILES string of the molecule is CN=C(NCc1cccc(-c2ncn[nH]2)c1)N1CCC(c2ccccc2)C1. The third kappa shape index (κ3) is 4.00. The highest BCUT2D eigenvalue weighted by Gasteiger charge is 2.25. The van der Waals surface area contributed by atoms with Crippen LogP contribution in [0.3, 0.4) is 0 Å². The molecule has 0 spiro atoms. The number of hydrogen-bond donors (Lipinski definition) is 2. The summed E-state index contributed by atoms with van der Waals surface area (Å²) >= 11 is 0. The zero-order chi connectivity index (χ0) is 18.5. The summed E-state index contributed by atoms with van der Waals surface area (Å²) in [5, 5.41) is 10.3. The lowest BCUT2D eigenvalue weighted by atomic mass is 9.99. The van der Waals surface area contributed by atoms with E-state index in [2.05, 4.69) is 72.9 Å². The van der Waals surface area contributed by atoms with Crippen LogP contribution >= 0.6 is 0 Å². The lowest BCUT2D eigenvalue weighted by molar-refractivity contribution is 0.486. The Morgan fingerprint density at radius 2 is 2.11 bits per heavy atom. The van der Waals surface area contributed by atoms with E-state index in [-0.39, 0.29) is 0 Å². The van der Waals surface area contributed by atoms with Gasteiger partial charge < -0.3 is 10.2 Å². The molecule has 0 amide bonds. The van der Waals surface area contributed by atoms with Gasteiger partial charge in [0.15, 0.2) is 11.8 Å². The quantitative estimate of drug-likeness (QED) is 0.554. The van der Waals surface area contributed by atoms with Crippen LogP contribution < -0.4 is 5.32 Å². The van der Waals surface area contributed by atoms with Crippen LogP contribution in [0.1, 0.15) is 23.5 Å². The van der Waals surface area contributed by atoms with Crippen molar-refractivity contribution in [2.45, 2.75) is 18.9 Å². The van der Waals surface area contributed by atoms with Crippen molar-refractivity contribution in [3.05, 3.63) is 72.1 Å². The van der Waals surface area contributed by atoms with E-state index in [1.54, 1.807) is 0 Å². The van der Waals surface area contributed by atoms with Crippen molar-refractivity contribution < 1.29 is 0 Å². The van der Waals surface area contributed by atoms with Crippen LogP contribution in [0.2, 0.25) is 0 Å². The Kier molecular flexibility index (Phi) is 5.14. The van der Waals surface area contributed by atoms with Crippen molar-refractivity contribution in [3.8, 4) is 11.4 Å². The van der Waals surface area contributed by atoms with E-state index in [0.717, 1.165) is 43.4 Å². The van der Waals surface area contributed by atoms with Crippen LogP contribution in [-0.4, -0.2) is 46.2 Å². The molecule has 6 nitrogen and oxygen atoms in total. The minimum Gasteiger partial charge on any atom is -0.352 e. The van der Waals surface area contributed by atoms with E-state index in [4.69, 9.17) is 0 Å². The predicted octanol–water partition coefficient (Wildman–Crippen LogP) is 3.04. The van der Waals surface area contributed by atoms with Crippen molar-refractivity contribution in [2.24, 2.45) is 4.99 Å². The zero-order valence-electron chi connectivity index (χ0n) is 15.5. The van der Waals surface area contributed by atoms with Gasteiger partial charge >= 0.3 is 0 Å². The molecule has 0 saturated carbocycles. The maximum Gasteiger partial charge on any atom is 0.193 e. The normalized spacial score (nSPS) is 17.3. The number of aromatic amines is 1. The van der Waals surface area contributed by atoms with Gasteiger partial charge in [0.05, 0.1) is 0 Å². The molecule has 0 bridgehead atoms. The van der Waals surface area contributed by atoms with Crippen LogP contribution in [0.4, 0.5) is 0 Å². The molecule has 1 aliphatic heterocycles. The van der Waals surface area contributed by atoms with E-state index in [0.29, 0.717) is 5.92 Å². The van der Waals surface area contributed by atoms with Gasteiger partial charge in [-0.05, 0) is 23.6 Å². The first-order chi connectivity index (χ1) is 13.3. The molecule has 1 saturated heterocycles. The maximum absolute atomic E-state index is 4.49. The summed E-state index contributed by atoms with van der Waals surface area (Å²) in [4.78, 5) is 11.1. The number of H-pyrrole nitrogens is 1. The summed E-state index contributed by atoms with van der Waals surface area (Å²) < 4.78 is 0. The van der Waals surface area contributed by atoms with Crippen LogP contribution in [-0.2, 0) is 6.54 Å². The molecule has 2 heterocycles. The third-order valence-electron chi connectivity index (χ3n) is 5.04. The van der Waals surface area contributed by atoms with Gasteiger partial charge in [0.2, 0.25) is 0 Å². The van der Waals surface area contributed by atoms with Gasteiger partial charge in [0.1, 0.15) is 6.33 Å². The van der Waals surface area contributed by atoms with E-state index in [1.807, 2.05) is 19.2 Å². The molecule has 1 atom stereocenters. The number of nitrogens with one attached hydrogen (secondary N) is 2. The Bertz CT molecular complexity index is 888. The minimum absolute atomic E-state index is 0.569. The molecular formula is C21H24N6. The fourth-order valence-corrected chi connectivity index (χ4v) is 3.64. The van der Waals surface area contributed by atoms with E-state index >= 15 is 0 Å². The Labute approximate surface area is 159 Å². The Balaban J connectivity index is 1.38. The fourth-order valence-electron chi connectivity index (χ4n) is 3.64. The number of nitrogens with zero attached hydrogens (tertiary/aromatic N) is 4. The molecule has 1 fully saturated rings. The van der Waals surface area contributed by atoms with Gasteiger partial charge in [0, 0.05) is 38.2 Å². The number of aliphatic imine (C=N–C) groups is 1. The summed E-state index contributed by atoms with van der Waals surface area (Å²) in [5.74, 6) is 2.31. The molecule has 4 rings (SSSR count). The number of aromatic nitrogens is 3. The second kappa shape index (κ2) is 8.03. The lowest BCUT2D eigenvalue weighted by Gasteiger charge is -2.22. The minimum atomic E-state index is 0.569. The second-order valence-electron chi connectivity index (χ2n) is 6.78. The van der Waals surface area contributed by atoms with Crippen molar-refractivity contribution in [1.82, 2.24) is 25.4 Å². The molecule has 3 aromatic rings. The van der Waals surface area contributed by atoms with Crippen molar-refractivity contribution >= 4 is 5.96 Å². The van der Waals surface area contributed by atoms with Crippen molar-refractivity contribution in [1.29, 1.82) is 0 Å². The lowest BCUT2D eigenvalue weighted by Crippen LogP contribution is -2.39. The molecule has 0 radical (unpaired) electrons. The van der Waals surface area contributed by atoms with Crippen molar-refractivity contribution in [3.63, 3.8) is 0 Å². The van der Waals surface area contributed by atoms with Gasteiger partial charge in [-0.15, -0.1) is 0 Å². The van der Waals surface area contributed by atoms with Crippen LogP contribution in [0.25, 0.3) is 11.4 Å². The summed E-state index contributed by atoms with van der Waals surface area (Å²) in [6, 6.07) is 19.1. The average molecular weight is 360 g/mol. The zero-order valence-corrected chi connectivity index (χ0v) is 15.5. The highest BCUT2D eigenvalue weighted by molar-refractivity contribution is 5.80. The molecule has 2 N–H and O–H groups in total. The first-order valence-electron chi connectivity index (χ1n) is 9.28. The molecule has 1 aliphatic rings. The predicted molar refractivity (Wildman–Crippen MR) is 107 cm³/mol. The smallest absolute Gasteiger partial charge is 0.193 e. The van der Waals surface area contributed by atoms with Gasteiger partial charge in [-0.2, -0.15) is 5.10 Å². The summed E-state index contributed by atoms with van der Waals surface area (Å²) in [5.41, 5.74) is 3.63. The molecule has 0 aliphatic carbocycles. The molecule has 6 heteroatoms. The monoisotopic (exact) mass is 360 g/mol. The number of rotatable bonds is 4. The molecule has 138 valence electrons. The summed E-state index contributed by atoms with van der Waals surface area (Å²) in [7, 11) is 1.85. The first kappa shape index (κ1) is 17.3. The highest BCUT2D eigenvalue weighted by atomic mass is 15.3. The van der Waals surface area contributed by atoms with E-state index in [1.165, 1.54) is 17.5 Å². The average Bonchev–Trinajstić information content (AvgIpc) is 3.42. The number of benzene rings is 2. The molecule has 27 heavy (non-hydrogen) atoms. The maximum atomic E-state index is 4.49.